The van der Waals surface area contributed by atoms with Crippen molar-refractivity contribution in [3.05, 3.63) is 96.9 Å². The van der Waals surface area contributed by atoms with Crippen molar-refractivity contribution in [2.24, 2.45) is 36.1 Å². The largest absolute Gasteiger partial charge is 0.503 e. The van der Waals surface area contributed by atoms with E-state index in [1.807, 2.05) is 31.2 Å². The van der Waals surface area contributed by atoms with Crippen LogP contribution in [0.15, 0.2) is 75.2 Å². The summed E-state index contributed by atoms with van der Waals surface area (Å²) in [5.41, 5.74) is 2.37. The molecule has 2 saturated heterocycles. The summed E-state index contributed by atoms with van der Waals surface area (Å²) in [6.07, 6.45) is 2.35. The van der Waals surface area contributed by atoms with Gasteiger partial charge < -0.3 is 9.84 Å². The lowest BCUT2D eigenvalue weighted by atomic mass is 9.51. The highest BCUT2D eigenvalue weighted by Gasteiger charge is 2.68. The van der Waals surface area contributed by atoms with Gasteiger partial charge in [0, 0.05) is 38.8 Å². The number of hydrogen-bond donors (Lipinski definition) is 1. The van der Waals surface area contributed by atoms with Crippen molar-refractivity contribution in [1.82, 2.24) is 9.78 Å². The first-order valence-corrected chi connectivity index (χ1v) is 21.4. The van der Waals surface area contributed by atoms with Crippen molar-refractivity contribution in [1.29, 1.82) is 0 Å². The third kappa shape index (κ3) is 5.40. The van der Waals surface area contributed by atoms with Crippen LogP contribution < -0.4 is 14.5 Å². The maximum Gasteiger partial charge on any atom is 0.242 e. The zero-order valence-electron chi connectivity index (χ0n) is 31.8. The Kier molecular flexibility index (Phi) is 9.19. The van der Waals surface area contributed by atoms with Crippen LogP contribution in [0.4, 0.5) is 11.5 Å². The van der Waals surface area contributed by atoms with Crippen molar-refractivity contribution in [3.8, 4) is 22.1 Å². The number of fused-ring (bicyclic) bond motifs is 5. The van der Waals surface area contributed by atoms with Gasteiger partial charge in [0.2, 0.25) is 23.6 Å². The summed E-state index contributed by atoms with van der Waals surface area (Å²) in [5.74, 6) is -5.20. The molecule has 0 radical (unpaired) electrons. The van der Waals surface area contributed by atoms with E-state index in [2.05, 4.69) is 31.9 Å². The van der Waals surface area contributed by atoms with E-state index in [9.17, 15) is 19.5 Å². The number of amides is 4. The molecule has 6 atom stereocenters. The number of methoxy groups -OCH3 is 1. The van der Waals surface area contributed by atoms with Crippen LogP contribution in [0.25, 0.3) is 20.7 Å². The number of phenols is 1. The van der Waals surface area contributed by atoms with Crippen molar-refractivity contribution >= 4 is 106 Å². The van der Waals surface area contributed by atoms with Crippen molar-refractivity contribution in [2.45, 2.75) is 39.5 Å². The molecule has 3 fully saturated rings. The minimum absolute atomic E-state index is 0.138. The van der Waals surface area contributed by atoms with Crippen LogP contribution in [0.2, 0.25) is 5.02 Å². The number of aromatic nitrogens is 2. The molecular formula is C43H35Br2ClN4O7S. The Morgan fingerprint density at radius 2 is 1.71 bits per heavy atom. The molecule has 4 heterocycles. The number of ketones is 1. The third-order valence-electron chi connectivity index (χ3n) is 12.7. The number of rotatable bonds is 6. The number of imide groups is 2. The maximum absolute atomic E-state index is 15.3. The van der Waals surface area contributed by atoms with Crippen LogP contribution in [-0.2, 0) is 26.2 Å². The van der Waals surface area contributed by atoms with Crippen LogP contribution in [0, 0.1) is 36.0 Å². The number of allylic oxidation sites excluding steroid dienone is 2. The van der Waals surface area contributed by atoms with E-state index in [0.717, 1.165) is 26.1 Å². The molecule has 3 aromatic carbocycles. The highest BCUT2D eigenvalue weighted by atomic mass is 79.9. The average molecular weight is 947 g/mol. The molecule has 0 spiro atoms. The zero-order chi connectivity index (χ0) is 41.3. The molecule has 2 aromatic heterocycles. The first-order chi connectivity index (χ1) is 27.6. The van der Waals surface area contributed by atoms with E-state index in [4.69, 9.17) is 21.4 Å². The summed E-state index contributed by atoms with van der Waals surface area (Å²) in [6.45, 7) is 5.24. The molecule has 4 amide bonds. The molecule has 11 nitrogen and oxygen atoms in total. The predicted octanol–water partition coefficient (Wildman–Crippen LogP) is 9.14. The Hall–Kier alpha value is -4.63. The Balaban J connectivity index is 1.17. The number of ether oxygens (including phenoxy) is 1. The lowest BCUT2D eigenvalue weighted by molar-refractivity contribution is -0.131. The van der Waals surface area contributed by atoms with Gasteiger partial charge in [-0.25, -0.2) is 4.90 Å². The van der Waals surface area contributed by atoms with Crippen molar-refractivity contribution < 1.29 is 33.8 Å². The summed E-state index contributed by atoms with van der Waals surface area (Å²) in [6, 6.07) is 15.5. The molecule has 2 aliphatic heterocycles. The van der Waals surface area contributed by atoms with Crippen LogP contribution in [0.5, 0.6) is 11.5 Å². The second kappa shape index (κ2) is 13.7. The quantitative estimate of drug-likeness (QED) is 0.101. The predicted molar refractivity (Wildman–Crippen MR) is 227 cm³/mol. The van der Waals surface area contributed by atoms with Gasteiger partial charge in [0.15, 0.2) is 17.3 Å². The second-order valence-electron chi connectivity index (χ2n) is 15.6. The standard InChI is InChI=1S/C43H35Br2ClN4O7S/c1-18-25-14-21(46)8-13-31(25)58-38(18)29-17-32(48(4)47-29)50-40(54)28-15-26-23(34(43(28,3)42(50)56)27-16-30(57-5)37(52)36(45)35(27)44)11-12-24-33(26)41(55)49(39(24)53)22-9-6-20(7-10-22)19(2)51/h6-11,13-14,16-17,24,26,28,33-34,52H,12,15H2,1-5H3/t24-,26+,28-,33-,34+,43+/m0/s1. The Morgan fingerprint density at radius 1 is 0.983 bits per heavy atom. The van der Waals surface area contributed by atoms with Gasteiger partial charge >= 0.3 is 0 Å². The van der Waals surface area contributed by atoms with E-state index in [-0.39, 0.29) is 36.0 Å². The summed E-state index contributed by atoms with van der Waals surface area (Å²) in [4.78, 5) is 74.4. The number of anilines is 2. The van der Waals surface area contributed by atoms with E-state index >= 15 is 9.59 Å². The number of benzene rings is 3. The zero-order valence-corrected chi connectivity index (χ0v) is 36.5. The van der Waals surface area contributed by atoms with Gasteiger partial charge in [-0.3, -0.25) is 33.6 Å². The molecule has 58 heavy (non-hydrogen) atoms. The summed E-state index contributed by atoms with van der Waals surface area (Å²) in [5, 5.41) is 17.4. The molecule has 9 rings (SSSR count). The van der Waals surface area contributed by atoms with Gasteiger partial charge in [0.1, 0.15) is 11.5 Å². The molecule has 0 bridgehead atoms. The van der Waals surface area contributed by atoms with Crippen LogP contribution in [-0.4, -0.2) is 51.4 Å². The smallest absolute Gasteiger partial charge is 0.242 e. The fourth-order valence-corrected chi connectivity index (χ4v) is 12.1. The van der Waals surface area contributed by atoms with Crippen LogP contribution >= 0.6 is 54.8 Å². The van der Waals surface area contributed by atoms with Gasteiger partial charge in [-0.2, -0.15) is 5.10 Å². The molecule has 15 heteroatoms. The number of nitrogens with zero attached hydrogens (tertiary/aromatic N) is 4. The van der Waals surface area contributed by atoms with E-state index in [1.165, 1.54) is 23.8 Å². The SMILES string of the molecule is COc1cc([C@H]2C3=CC[C@@H]4C(=O)N(c5ccc(C(C)=O)cc5)C(=O)[C@@H]4[C@@H]3C[C@H]3C(=O)N(c4cc(-c5sc6ccc(Cl)cc6c5C)nn4C)C(=O)[C@@]23C)c(Br)c(Br)c1O. The van der Waals surface area contributed by atoms with Gasteiger partial charge in [-0.1, -0.05) is 23.3 Å². The van der Waals surface area contributed by atoms with Gasteiger partial charge in [-0.05, 0) is 136 Å². The summed E-state index contributed by atoms with van der Waals surface area (Å²) >= 11 is 15.1. The molecule has 296 valence electrons. The number of phenolic OH excluding ortho intramolecular Hbond substituents is 1. The molecule has 2 aliphatic carbocycles. The maximum atomic E-state index is 15.3. The molecule has 1 N–H and O–H groups in total. The number of Topliss-reactive ketones (excluding diaryl/α,β-unsaturated/α-hetero) is 1. The Bertz CT molecular complexity index is 2730. The number of carbonyl (C=O) groups is 5. The molecule has 1 saturated carbocycles. The average Bonchev–Trinajstić information content (AvgIpc) is 3.87. The Morgan fingerprint density at radius 3 is 2.40 bits per heavy atom. The van der Waals surface area contributed by atoms with E-state index in [1.54, 1.807) is 66.4 Å². The summed E-state index contributed by atoms with van der Waals surface area (Å²) < 4.78 is 8.93. The fourth-order valence-electron chi connectivity index (χ4n) is 9.87. The molecular weight excluding hydrogens is 912 g/mol. The lowest BCUT2D eigenvalue weighted by Gasteiger charge is -2.49. The normalized spacial score (nSPS) is 25.3. The minimum atomic E-state index is -1.38. The van der Waals surface area contributed by atoms with Crippen molar-refractivity contribution in [3.63, 3.8) is 0 Å². The number of aromatic hydroxyl groups is 1. The second-order valence-corrected chi connectivity index (χ2v) is 18.7. The van der Waals surface area contributed by atoms with Gasteiger partial charge in [0.05, 0.1) is 45.3 Å². The fraction of sp³-hybridized carbons (Fsp3) is 0.302. The van der Waals surface area contributed by atoms with Crippen LogP contribution in [0.1, 0.15) is 54.1 Å². The first-order valence-electron chi connectivity index (χ1n) is 18.6. The van der Waals surface area contributed by atoms with E-state index in [0.29, 0.717) is 42.3 Å². The van der Waals surface area contributed by atoms with Crippen LogP contribution in [0.3, 0.4) is 0 Å². The summed E-state index contributed by atoms with van der Waals surface area (Å²) in [7, 11) is 3.13. The highest BCUT2D eigenvalue weighted by Crippen LogP contribution is 2.65. The topological polar surface area (TPSA) is 139 Å². The number of thiophene rings is 1. The highest BCUT2D eigenvalue weighted by molar-refractivity contribution is 9.13. The van der Waals surface area contributed by atoms with E-state index < -0.39 is 52.7 Å². The van der Waals surface area contributed by atoms with Gasteiger partial charge in [-0.15, -0.1) is 11.3 Å². The molecule has 4 aliphatic rings. The minimum Gasteiger partial charge on any atom is -0.503 e. The van der Waals surface area contributed by atoms with Gasteiger partial charge in [0.25, 0.3) is 0 Å². The third-order valence-corrected chi connectivity index (χ3v) is 16.4. The first kappa shape index (κ1) is 38.9. The number of halogens is 3. The molecule has 0 unspecified atom stereocenters. The monoisotopic (exact) mass is 944 g/mol. The number of carbonyl (C=O) groups excluding carboxylic acids is 5. The Labute approximate surface area is 358 Å². The number of aryl methyl sites for hydroxylation is 2. The number of hydrogen-bond acceptors (Lipinski definition) is 9. The molecule has 5 aromatic rings. The lowest BCUT2D eigenvalue weighted by Crippen LogP contribution is -2.49. The van der Waals surface area contributed by atoms with Crippen molar-refractivity contribution in [2.75, 3.05) is 16.9 Å².